The van der Waals surface area contributed by atoms with Gasteiger partial charge in [0.25, 0.3) is 5.56 Å². The molecule has 1 aromatic heterocycles. The first-order valence-corrected chi connectivity index (χ1v) is 6.59. The molecule has 0 saturated carbocycles. The Morgan fingerprint density at radius 2 is 1.95 bits per heavy atom. The predicted octanol–water partition coefficient (Wildman–Crippen LogP) is 1.68. The van der Waals surface area contributed by atoms with Gasteiger partial charge in [-0.05, 0) is 43.3 Å². The minimum Gasteiger partial charge on any atom is -0.497 e. The number of carbonyl (C=O) groups excluding carboxylic acids is 1. The molecule has 2 rings (SSSR count). The van der Waals surface area contributed by atoms with Crippen molar-refractivity contribution in [2.45, 2.75) is 13.5 Å². The molecule has 1 heterocycles. The Hall–Kier alpha value is -3.07. The van der Waals surface area contributed by atoms with Crippen molar-refractivity contribution >= 4 is 11.6 Å². The van der Waals surface area contributed by atoms with Gasteiger partial charge in [0, 0.05) is 11.4 Å². The Bertz CT molecular complexity index is 786. The number of methoxy groups -OCH3 is 1. The van der Waals surface area contributed by atoms with Crippen molar-refractivity contribution in [3.8, 4) is 11.8 Å². The molecule has 22 heavy (non-hydrogen) atoms. The second-order valence-electron chi connectivity index (χ2n) is 4.67. The van der Waals surface area contributed by atoms with Crippen LogP contribution in [0.4, 0.5) is 5.69 Å². The van der Waals surface area contributed by atoms with Gasteiger partial charge in [-0.25, -0.2) is 0 Å². The van der Waals surface area contributed by atoms with Crippen molar-refractivity contribution < 1.29 is 9.53 Å². The second kappa shape index (κ2) is 6.59. The van der Waals surface area contributed by atoms with Crippen LogP contribution >= 0.6 is 0 Å². The molecule has 0 radical (unpaired) electrons. The topological polar surface area (TPSA) is 84.1 Å². The van der Waals surface area contributed by atoms with Gasteiger partial charge in [-0.3, -0.25) is 9.59 Å². The summed E-state index contributed by atoms with van der Waals surface area (Å²) in [7, 11) is 1.56. The van der Waals surface area contributed by atoms with E-state index in [1.165, 1.54) is 10.6 Å². The SMILES string of the molecule is COc1ccc(NC(=O)Cn2c(C)ccc(C#N)c2=O)cc1. The largest absolute Gasteiger partial charge is 0.497 e. The van der Waals surface area contributed by atoms with Crippen LogP contribution in [-0.2, 0) is 11.3 Å². The molecule has 112 valence electrons. The Labute approximate surface area is 127 Å². The zero-order chi connectivity index (χ0) is 16.1. The molecule has 0 fully saturated rings. The quantitative estimate of drug-likeness (QED) is 0.930. The fourth-order valence-corrected chi connectivity index (χ4v) is 1.97. The zero-order valence-electron chi connectivity index (χ0n) is 12.3. The van der Waals surface area contributed by atoms with Crippen molar-refractivity contribution in [2.75, 3.05) is 12.4 Å². The Morgan fingerprint density at radius 3 is 2.55 bits per heavy atom. The number of hydrogen-bond acceptors (Lipinski definition) is 4. The number of nitriles is 1. The lowest BCUT2D eigenvalue weighted by molar-refractivity contribution is -0.116. The van der Waals surface area contributed by atoms with E-state index in [1.54, 1.807) is 44.4 Å². The molecular weight excluding hydrogens is 282 g/mol. The lowest BCUT2D eigenvalue weighted by Crippen LogP contribution is -2.30. The molecule has 0 aliphatic carbocycles. The number of ether oxygens (including phenoxy) is 1. The van der Waals surface area contributed by atoms with E-state index in [0.717, 1.165) is 0 Å². The molecule has 6 heteroatoms. The Morgan fingerprint density at radius 1 is 1.27 bits per heavy atom. The van der Waals surface area contributed by atoms with Crippen LogP contribution in [0.15, 0.2) is 41.2 Å². The van der Waals surface area contributed by atoms with Gasteiger partial charge in [-0.15, -0.1) is 0 Å². The van der Waals surface area contributed by atoms with Crippen LogP contribution in [0.1, 0.15) is 11.3 Å². The van der Waals surface area contributed by atoms with E-state index < -0.39 is 5.56 Å². The summed E-state index contributed by atoms with van der Waals surface area (Å²) in [5.74, 6) is 0.345. The van der Waals surface area contributed by atoms with Crippen molar-refractivity contribution in [3.63, 3.8) is 0 Å². The van der Waals surface area contributed by atoms with Crippen LogP contribution in [-0.4, -0.2) is 17.6 Å². The molecule has 0 unspecified atom stereocenters. The Kier molecular flexibility index (Phi) is 4.59. The van der Waals surface area contributed by atoms with Crippen LogP contribution < -0.4 is 15.6 Å². The third-order valence-corrected chi connectivity index (χ3v) is 3.19. The van der Waals surface area contributed by atoms with E-state index in [4.69, 9.17) is 10.00 Å². The van der Waals surface area contributed by atoms with Gasteiger partial charge in [0.1, 0.15) is 23.9 Å². The second-order valence-corrected chi connectivity index (χ2v) is 4.67. The van der Waals surface area contributed by atoms with Crippen molar-refractivity contribution in [1.29, 1.82) is 5.26 Å². The number of amides is 1. The maximum absolute atomic E-state index is 12.1. The summed E-state index contributed by atoms with van der Waals surface area (Å²) in [6, 6.07) is 11.8. The fraction of sp³-hybridized carbons (Fsp3) is 0.188. The highest BCUT2D eigenvalue weighted by Gasteiger charge is 2.10. The smallest absolute Gasteiger partial charge is 0.269 e. The van der Waals surface area contributed by atoms with Crippen LogP contribution in [0, 0.1) is 18.3 Å². The molecule has 1 amide bonds. The van der Waals surface area contributed by atoms with Gasteiger partial charge in [-0.1, -0.05) is 0 Å². The lowest BCUT2D eigenvalue weighted by Gasteiger charge is -2.11. The number of carbonyl (C=O) groups is 1. The number of benzene rings is 1. The van der Waals surface area contributed by atoms with Crippen molar-refractivity contribution in [1.82, 2.24) is 4.57 Å². The van der Waals surface area contributed by atoms with Crippen LogP contribution in [0.3, 0.4) is 0 Å². The first kappa shape index (κ1) is 15.3. The highest BCUT2D eigenvalue weighted by molar-refractivity contribution is 5.90. The molecule has 0 atom stereocenters. The molecule has 0 bridgehead atoms. The standard InChI is InChI=1S/C16H15N3O3/c1-11-3-4-12(9-17)16(21)19(11)10-15(20)18-13-5-7-14(22-2)8-6-13/h3-8H,10H2,1-2H3,(H,18,20). The van der Waals surface area contributed by atoms with E-state index in [1.807, 2.05) is 6.07 Å². The third-order valence-electron chi connectivity index (χ3n) is 3.19. The minimum absolute atomic E-state index is 0.0165. The molecule has 6 nitrogen and oxygen atoms in total. The predicted molar refractivity (Wildman–Crippen MR) is 81.8 cm³/mol. The van der Waals surface area contributed by atoms with Gasteiger partial charge in [0.2, 0.25) is 5.91 Å². The molecular formula is C16H15N3O3. The van der Waals surface area contributed by atoms with Crippen molar-refractivity contribution in [3.05, 3.63) is 58.0 Å². The maximum atomic E-state index is 12.1. The van der Waals surface area contributed by atoms with E-state index in [2.05, 4.69) is 5.32 Å². The average Bonchev–Trinajstić information content (AvgIpc) is 2.52. The number of pyridine rings is 1. The van der Waals surface area contributed by atoms with Gasteiger partial charge in [0.05, 0.1) is 7.11 Å². The molecule has 0 aliphatic rings. The van der Waals surface area contributed by atoms with Gasteiger partial charge in [-0.2, -0.15) is 5.26 Å². The summed E-state index contributed by atoms with van der Waals surface area (Å²) in [6.45, 7) is 1.56. The zero-order valence-corrected chi connectivity index (χ0v) is 12.3. The average molecular weight is 297 g/mol. The van der Waals surface area contributed by atoms with Crippen LogP contribution in [0.2, 0.25) is 0 Å². The summed E-state index contributed by atoms with van der Waals surface area (Å²) in [5.41, 5.74) is 0.775. The minimum atomic E-state index is -0.465. The number of anilines is 1. The molecule has 0 aliphatic heterocycles. The number of hydrogen-bond donors (Lipinski definition) is 1. The maximum Gasteiger partial charge on any atom is 0.269 e. The van der Waals surface area contributed by atoms with E-state index >= 15 is 0 Å². The summed E-state index contributed by atoms with van der Waals surface area (Å²) in [6.07, 6.45) is 0. The number of nitrogens with zero attached hydrogens (tertiary/aromatic N) is 2. The van der Waals surface area contributed by atoms with E-state index in [-0.39, 0.29) is 18.0 Å². The van der Waals surface area contributed by atoms with Gasteiger partial charge >= 0.3 is 0 Å². The van der Waals surface area contributed by atoms with Crippen molar-refractivity contribution in [2.24, 2.45) is 0 Å². The monoisotopic (exact) mass is 297 g/mol. The van der Waals surface area contributed by atoms with Gasteiger partial charge < -0.3 is 14.6 Å². The summed E-state index contributed by atoms with van der Waals surface area (Å²) in [4.78, 5) is 24.1. The third kappa shape index (κ3) is 3.33. The van der Waals surface area contributed by atoms with E-state index in [0.29, 0.717) is 17.1 Å². The number of nitrogens with one attached hydrogen (secondary N) is 1. The number of rotatable bonds is 4. The van der Waals surface area contributed by atoms with E-state index in [9.17, 15) is 9.59 Å². The summed E-state index contributed by atoms with van der Waals surface area (Å²) < 4.78 is 6.31. The number of aromatic nitrogens is 1. The summed E-state index contributed by atoms with van der Waals surface area (Å²) >= 11 is 0. The van der Waals surface area contributed by atoms with Crippen LogP contribution in [0.25, 0.3) is 0 Å². The summed E-state index contributed by atoms with van der Waals surface area (Å²) in [5, 5.41) is 11.6. The number of aryl methyl sites for hydroxylation is 1. The lowest BCUT2D eigenvalue weighted by atomic mass is 10.2. The Balaban J connectivity index is 2.15. The highest BCUT2D eigenvalue weighted by atomic mass is 16.5. The molecule has 2 aromatic rings. The first-order chi connectivity index (χ1) is 10.5. The highest BCUT2D eigenvalue weighted by Crippen LogP contribution is 2.14. The normalized spacial score (nSPS) is 9.86. The molecule has 1 aromatic carbocycles. The molecule has 0 spiro atoms. The van der Waals surface area contributed by atoms with Gasteiger partial charge in [0.15, 0.2) is 0 Å². The van der Waals surface area contributed by atoms with Crippen LogP contribution in [0.5, 0.6) is 5.75 Å². The first-order valence-electron chi connectivity index (χ1n) is 6.59. The molecule has 1 N–H and O–H groups in total. The molecule has 0 saturated heterocycles. The fourth-order valence-electron chi connectivity index (χ4n) is 1.97.